The second kappa shape index (κ2) is 6.70. The number of rotatable bonds is 3. The smallest absolute Gasteiger partial charge is 0.266 e. The number of benzene rings is 3. The highest BCUT2D eigenvalue weighted by Crippen LogP contribution is 2.29. The molecule has 0 saturated heterocycles. The third-order valence-electron chi connectivity index (χ3n) is 4.34. The van der Waals surface area contributed by atoms with Crippen LogP contribution in [0, 0.1) is 11.6 Å². The van der Waals surface area contributed by atoms with Crippen LogP contribution in [0.2, 0.25) is 0 Å². The number of amides is 3. The van der Waals surface area contributed by atoms with Crippen LogP contribution in [-0.2, 0) is 0 Å². The van der Waals surface area contributed by atoms with Crippen LogP contribution in [0.25, 0.3) is 0 Å². The van der Waals surface area contributed by atoms with Crippen LogP contribution in [0.3, 0.4) is 0 Å². The van der Waals surface area contributed by atoms with Gasteiger partial charge in [-0.1, -0.05) is 18.2 Å². The summed E-state index contributed by atoms with van der Waals surface area (Å²) in [6.45, 7) is 0. The molecular formula is C21H12F2N2O3. The molecule has 5 nitrogen and oxygen atoms in total. The Labute approximate surface area is 158 Å². The van der Waals surface area contributed by atoms with E-state index in [1.165, 1.54) is 6.07 Å². The maximum atomic E-state index is 13.3. The first-order valence-corrected chi connectivity index (χ1v) is 8.30. The van der Waals surface area contributed by atoms with Gasteiger partial charge in [-0.25, -0.2) is 13.7 Å². The molecule has 1 N–H and O–H groups in total. The summed E-state index contributed by atoms with van der Waals surface area (Å²) in [4.78, 5) is 38.4. The number of anilines is 2. The van der Waals surface area contributed by atoms with Gasteiger partial charge in [-0.15, -0.1) is 0 Å². The van der Waals surface area contributed by atoms with Crippen LogP contribution in [0.5, 0.6) is 0 Å². The lowest BCUT2D eigenvalue weighted by Crippen LogP contribution is -2.29. The molecular weight excluding hydrogens is 366 g/mol. The third-order valence-corrected chi connectivity index (χ3v) is 4.34. The van der Waals surface area contributed by atoms with Crippen LogP contribution >= 0.6 is 0 Å². The average Bonchev–Trinajstić information content (AvgIpc) is 2.95. The van der Waals surface area contributed by atoms with Crippen molar-refractivity contribution in [2.75, 3.05) is 10.2 Å². The quantitative estimate of drug-likeness (QED) is 0.700. The van der Waals surface area contributed by atoms with Gasteiger partial charge < -0.3 is 5.32 Å². The number of hydrogen-bond donors (Lipinski definition) is 1. The van der Waals surface area contributed by atoms with Gasteiger partial charge in [-0.2, -0.15) is 0 Å². The molecule has 28 heavy (non-hydrogen) atoms. The zero-order valence-electron chi connectivity index (χ0n) is 14.3. The molecule has 138 valence electrons. The molecule has 7 heteroatoms. The molecule has 3 aromatic carbocycles. The number of fused-ring (bicyclic) bond motifs is 1. The molecule has 0 radical (unpaired) electrons. The van der Waals surface area contributed by atoms with Crippen molar-refractivity contribution in [2.24, 2.45) is 0 Å². The largest absolute Gasteiger partial charge is 0.322 e. The maximum absolute atomic E-state index is 13.3. The van der Waals surface area contributed by atoms with Crippen molar-refractivity contribution in [1.82, 2.24) is 0 Å². The normalized spacial score (nSPS) is 12.9. The second-order valence-corrected chi connectivity index (χ2v) is 6.12. The summed E-state index contributed by atoms with van der Waals surface area (Å²) < 4.78 is 26.4. The molecule has 0 aromatic heterocycles. The molecule has 0 atom stereocenters. The summed E-state index contributed by atoms with van der Waals surface area (Å²) in [6, 6.07) is 15.4. The molecule has 3 amide bonds. The predicted octanol–water partition coefficient (Wildman–Crippen LogP) is 4.02. The molecule has 0 unspecified atom stereocenters. The summed E-state index contributed by atoms with van der Waals surface area (Å²) in [6.07, 6.45) is 0. The van der Waals surface area contributed by atoms with Crippen molar-refractivity contribution in [3.63, 3.8) is 0 Å². The number of nitrogens with one attached hydrogen (secondary N) is 1. The fourth-order valence-corrected chi connectivity index (χ4v) is 2.99. The maximum Gasteiger partial charge on any atom is 0.266 e. The molecule has 1 aliphatic heterocycles. The zero-order chi connectivity index (χ0) is 19.8. The molecule has 0 spiro atoms. The molecule has 4 rings (SSSR count). The molecule has 0 fully saturated rings. The van der Waals surface area contributed by atoms with E-state index < -0.39 is 29.4 Å². The number of carbonyl (C=O) groups excluding carboxylic acids is 3. The number of halogens is 2. The number of hydrogen-bond acceptors (Lipinski definition) is 3. The van der Waals surface area contributed by atoms with Gasteiger partial charge in [0.2, 0.25) is 0 Å². The van der Waals surface area contributed by atoms with E-state index in [0.717, 1.165) is 23.1 Å². The zero-order valence-corrected chi connectivity index (χ0v) is 14.3. The molecule has 0 aliphatic carbocycles. The van der Waals surface area contributed by atoms with E-state index >= 15 is 0 Å². The fraction of sp³-hybridized carbons (Fsp3) is 0. The highest BCUT2D eigenvalue weighted by atomic mass is 19.2. The molecule has 0 bridgehead atoms. The summed E-state index contributed by atoms with van der Waals surface area (Å²) in [5, 5.41) is 2.54. The van der Waals surface area contributed by atoms with Gasteiger partial charge in [-0.05, 0) is 48.5 Å². The van der Waals surface area contributed by atoms with Gasteiger partial charge in [0.15, 0.2) is 11.6 Å². The third kappa shape index (κ3) is 2.92. The minimum atomic E-state index is -1.13. The van der Waals surface area contributed by atoms with Crippen molar-refractivity contribution in [3.05, 3.63) is 95.1 Å². The molecule has 1 aliphatic rings. The Hall–Kier alpha value is -3.87. The van der Waals surface area contributed by atoms with E-state index in [1.807, 2.05) is 0 Å². The first-order valence-electron chi connectivity index (χ1n) is 8.30. The van der Waals surface area contributed by atoms with E-state index in [1.54, 1.807) is 42.5 Å². The first kappa shape index (κ1) is 17.5. The van der Waals surface area contributed by atoms with Gasteiger partial charge in [0, 0.05) is 11.3 Å². The average molecular weight is 378 g/mol. The monoisotopic (exact) mass is 378 g/mol. The van der Waals surface area contributed by atoms with Crippen molar-refractivity contribution in [2.45, 2.75) is 0 Å². The van der Waals surface area contributed by atoms with Gasteiger partial charge in [0.25, 0.3) is 17.7 Å². The van der Waals surface area contributed by atoms with E-state index in [2.05, 4.69) is 5.32 Å². The Balaban J connectivity index is 1.60. The summed E-state index contributed by atoms with van der Waals surface area (Å²) in [5.74, 6) is -3.75. The van der Waals surface area contributed by atoms with Crippen LogP contribution in [0.1, 0.15) is 31.1 Å². The van der Waals surface area contributed by atoms with Crippen molar-refractivity contribution < 1.29 is 23.2 Å². The van der Waals surface area contributed by atoms with Crippen LogP contribution in [0.4, 0.5) is 20.2 Å². The van der Waals surface area contributed by atoms with Crippen molar-refractivity contribution >= 4 is 29.1 Å². The van der Waals surface area contributed by atoms with Crippen LogP contribution < -0.4 is 10.2 Å². The molecule has 3 aromatic rings. The van der Waals surface area contributed by atoms with Gasteiger partial charge in [0.05, 0.1) is 16.8 Å². The predicted molar refractivity (Wildman–Crippen MR) is 98.3 cm³/mol. The van der Waals surface area contributed by atoms with E-state index in [-0.39, 0.29) is 11.3 Å². The van der Waals surface area contributed by atoms with Crippen molar-refractivity contribution in [1.29, 1.82) is 0 Å². The lowest BCUT2D eigenvalue weighted by molar-refractivity contribution is 0.0925. The Bertz CT molecular complexity index is 1110. The minimum Gasteiger partial charge on any atom is -0.322 e. The molecule has 0 saturated carbocycles. The van der Waals surface area contributed by atoms with Crippen LogP contribution in [0.15, 0.2) is 66.7 Å². The highest BCUT2D eigenvalue weighted by Gasteiger charge is 2.36. The summed E-state index contributed by atoms with van der Waals surface area (Å²) in [5.41, 5.74) is 1.13. The van der Waals surface area contributed by atoms with Gasteiger partial charge >= 0.3 is 0 Å². The highest BCUT2D eigenvalue weighted by molar-refractivity contribution is 6.34. The van der Waals surface area contributed by atoms with Crippen molar-refractivity contribution in [3.8, 4) is 0 Å². The van der Waals surface area contributed by atoms with Gasteiger partial charge in [0.1, 0.15) is 0 Å². The molecule has 1 heterocycles. The summed E-state index contributed by atoms with van der Waals surface area (Å²) in [7, 11) is 0. The van der Waals surface area contributed by atoms with E-state index in [4.69, 9.17) is 0 Å². The van der Waals surface area contributed by atoms with E-state index in [9.17, 15) is 23.2 Å². The second-order valence-electron chi connectivity index (χ2n) is 6.12. The lowest BCUT2D eigenvalue weighted by Gasteiger charge is -2.15. The number of nitrogens with zero attached hydrogens (tertiary/aromatic N) is 1. The fourth-order valence-electron chi connectivity index (χ4n) is 2.99. The topological polar surface area (TPSA) is 66.5 Å². The Morgan fingerprint density at radius 3 is 2.11 bits per heavy atom. The Morgan fingerprint density at radius 1 is 0.786 bits per heavy atom. The lowest BCUT2D eigenvalue weighted by atomic mass is 10.1. The Kier molecular flexibility index (Phi) is 4.19. The number of carbonyl (C=O) groups is 3. The first-order chi connectivity index (χ1) is 13.5. The van der Waals surface area contributed by atoms with Crippen LogP contribution in [-0.4, -0.2) is 17.7 Å². The minimum absolute atomic E-state index is 0.0648. The summed E-state index contributed by atoms with van der Waals surface area (Å²) >= 11 is 0. The van der Waals surface area contributed by atoms with E-state index in [0.29, 0.717) is 16.8 Å². The SMILES string of the molecule is O=C(Nc1cccc(N2C(=O)c3ccccc3C2=O)c1)c1ccc(F)c(F)c1. The number of imide groups is 1. The Morgan fingerprint density at radius 2 is 1.46 bits per heavy atom. The standard InChI is InChI=1S/C21H12F2N2O3/c22-17-9-8-12(10-18(17)23)19(26)24-13-4-3-5-14(11-13)25-20(27)15-6-1-2-7-16(15)21(25)28/h1-11H,(H,24,26). The van der Waals surface area contributed by atoms with Gasteiger partial charge in [-0.3, -0.25) is 14.4 Å².